The molecule has 1 aliphatic rings. The maximum atomic E-state index is 11.7. The molecular weight excluding hydrogens is 248 g/mol. The van der Waals surface area contributed by atoms with E-state index in [0.717, 1.165) is 29.4 Å². The van der Waals surface area contributed by atoms with Crippen molar-refractivity contribution in [2.45, 2.75) is 38.5 Å². The Labute approximate surface area is 112 Å². The molecule has 17 heavy (non-hydrogen) atoms. The predicted molar refractivity (Wildman–Crippen MR) is 77.2 cm³/mol. The quantitative estimate of drug-likeness (QED) is 0.529. The summed E-state index contributed by atoms with van der Waals surface area (Å²) in [5.74, 6) is 3.75. The van der Waals surface area contributed by atoms with E-state index in [1.54, 1.807) is 11.3 Å². The lowest BCUT2D eigenvalue weighted by Crippen LogP contribution is -2.00. The zero-order valence-electron chi connectivity index (χ0n) is 10.2. The Kier molecular flexibility index (Phi) is 5.59. The molecule has 3 heteroatoms. The summed E-state index contributed by atoms with van der Waals surface area (Å²) >= 11 is 3.60. The van der Waals surface area contributed by atoms with Crippen molar-refractivity contribution in [2.24, 2.45) is 5.92 Å². The van der Waals surface area contributed by atoms with Gasteiger partial charge in [0.1, 0.15) is 0 Å². The Morgan fingerprint density at radius 2 is 2.24 bits per heavy atom. The van der Waals surface area contributed by atoms with E-state index in [1.165, 1.54) is 31.4 Å². The van der Waals surface area contributed by atoms with Crippen molar-refractivity contribution >= 4 is 28.9 Å². The third kappa shape index (κ3) is 4.47. The zero-order chi connectivity index (χ0) is 11.9. The number of Topliss-reactive ketones (excluding diaryl/α,β-unsaturated/α-hetero) is 1. The summed E-state index contributed by atoms with van der Waals surface area (Å²) < 4.78 is 0. The van der Waals surface area contributed by atoms with Gasteiger partial charge in [-0.2, -0.15) is 11.8 Å². The predicted octanol–water partition coefficient (Wildman–Crippen LogP) is 4.63. The summed E-state index contributed by atoms with van der Waals surface area (Å²) in [4.78, 5) is 12.6. The van der Waals surface area contributed by atoms with E-state index in [9.17, 15) is 4.79 Å². The van der Waals surface area contributed by atoms with Crippen molar-refractivity contribution in [2.75, 3.05) is 11.5 Å². The van der Waals surface area contributed by atoms with Crippen molar-refractivity contribution in [1.29, 1.82) is 0 Å². The van der Waals surface area contributed by atoms with E-state index < -0.39 is 0 Å². The highest BCUT2D eigenvalue weighted by atomic mass is 32.2. The van der Waals surface area contributed by atoms with Crippen LogP contribution in [0.4, 0.5) is 0 Å². The molecule has 1 aliphatic carbocycles. The van der Waals surface area contributed by atoms with Crippen molar-refractivity contribution < 1.29 is 4.79 Å². The smallest absolute Gasteiger partial charge is 0.172 e. The second kappa shape index (κ2) is 7.22. The van der Waals surface area contributed by atoms with Crippen molar-refractivity contribution in [3.05, 3.63) is 22.4 Å². The van der Waals surface area contributed by atoms with Crippen LogP contribution >= 0.6 is 23.1 Å². The summed E-state index contributed by atoms with van der Waals surface area (Å²) in [6, 6.07) is 3.88. The average Bonchev–Trinajstić information content (AvgIpc) is 3.01. The lowest BCUT2D eigenvalue weighted by Gasteiger charge is -2.07. The van der Waals surface area contributed by atoms with Crippen LogP contribution in [-0.2, 0) is 0 Å². The van der Waals surface area contributed by atoms with Crippen LogP contribution < -0.4 is 0 Å². The summed E-state index contributed by atoms with van der Waals surface area (Å²) in [5, 5.41) is 1.97. The van der Waals surface area contributed by atoms with Gasteiger partial charge >= 0.3 is 0 Å². The Balaban J connectivity index is 1.52. The van der Waals surface area contributed by atoms with Gasteiger partial charge in [-0.05, 0) is 48.1 Å². The first-order valence-corrected chi connectivity index (χ1v) is 8.54. The highest BCUT2D eigenvalue weighted by molar-refractivity contribution is 7.99. The second-order valence-corrected chi connectivity index (χ2v) is 6.83. The van der Waals surface area contributed by atoms with Crippen molar-refractivity contribution in [3.8, 4) is 0 Å². The number of ketones is 1. The van der Waals surface area contributed by atoms with Crippen LogP contribution in [0.1, 0.15) is 48.2 Å². The van der Waals surface area contributed by atoms with E-state index in [-0.39, 0.29) is 0 Å². The van der Waals surface area contributed by atoms with Crippen LogP contribution in [0.2, 0.25) is 0 Å². The molecule has 0 spiro atoms. The van der Waals surface area contributed by atoms with Crippen molar-refractivity contribution in [1.82, 2.24) is 0 Å². The van der Waals surface area contributed by atoms with Gasteiger partial charge in [0, 0.05) is 6.42 Å². The standard InChI is InChI=1S/C14H20OS2/c15-13(14-8-4-10-17-14)7-3-9-16-11-12-5-1-2-6-12/h4,8,10,12H,1-3,5-7,9,11H2. The summed E-state index contributed by atoms with van der Waals surface area (Å²) in [6.07, 6.45) is 7.48. The Hall–Kier alpha value is -0.280. The fraction of sp³-hybridized carbons (Fsp3) is 0.643. The number of hydrogen-bond donors (Lipinski definition) is 0. The van der Waals surface area contributed by atoms with Crippen LogP contribution in [0.5, 0.6) is 0 Å². The first-order valence-electron chi connectivity index (χ1n) is 6.50. The molecular formula is C14H20OS2. The molecule has 0 aromatic carbocycles. The maximum absolute atomic E-state index is 11.7. The largest absolute Gasteiger partial charge is 0.293 e. The molecule has 0 amide bonds. The lowest BCUT2D eigenvalue weighted by molar-refractivity contribution is 0.0986. The molecule has 0 atom stereocenters. The monoisotopic (exact) mass is 268 g/mol. The van der Waals surface area contributed by atoms with Crippen LogP contribution in [-0.4, -0.2) is 17.3 Å². The van der Waals surface area contributed by atoms with Gasteiger partial charge in [-0.3, -0.25) is 4.79 Å². The average molecular weight is 268 g/mol. The molecule has 94 valence electrons. The number of hydrogen-bond acceptors (Lipinski definition) is 3. The first kappa shape index (κ1) is 13.2. The number of thiophene rings is 1. The molecule has 0 radical (unpaired) electrons. The molecule has 0 bridgehead atoms. The van der Waals surface area contributed by atoms with E-state index in [0.29, 0.717) is 5.78 Å². The second-order valence-electron chi connectivity index (χ2n) is 4.73. The van der Waals surface area contributed by atoms with Gasteiger partial charge in [0.25, 0.3) is 0 Å². The van der Waals surface area contributed by atoms with Gasteiger partial charge in [-0.1, -0.05) is 18.9 Å². The number of carbonyl (C=O) groups is 1. The molecule has 1 nitrogen and oxygen atoms in total. The van der Waals surface area contributed by atoms with Gasteiger partial charge in [-0.25, -0.2) is 0 Å². The van der Waals surface area contributed by atoms with Crippen LogP contribution in [0.25, 0.3) is 0 Å². The fourth-order valence-electron chi connectivity index (χ4n) is 2.32. The van der Waals surface area contributed by atoms with Crippen LogP contribution in [0.15, 0.2) is 17.5 Å². The highest BCUT2D eigenvalue weighted by Crippen LogP contribution is 2.28. The summed E-state index contributed by atoms with van der Waals surface area (Å²) in [5.41, 5.74) is 0. The SMILES string of the molecule is O=C(CCCSCC1CCCC1)c1cccs1. The minimum atomic E-state index is 0.321. The van der Waals surface area contributed by atoms with Crippen LogP contribution in [0, 0.1) is 5.92 Å². The van der Waals surface area contributed by atoms with E-state index in [2.05, 4.69) is 0 Å². The molecule has 0 saturated heterocycles. The van der Waals surface area contributed by atoms with E-state index in [1.807, 2.05) is 29.3 Å². The Bertz CT molecular complexity index is 326. The minimum Gasteiger partial charge on any atom is -0.293 e. The summed E-state index contributed by atoms with van der Waals surface area (Å²) in [7, 11) is 0. The lowest BCUT2D eigenvalue weighted by atomic mass is 10.1. The molecule has 1 saturated carbocycles. The summed E-state index contributed by atoms with van der Waals surface area (Å²) in [6.45, 7) is 0. The molecule has 0 N–H and O–H groups in total. The molecule has 1 fully saturated rings. The highest BCUT2D eigenvalue weighted by Gasteiger charge is 2.14. The van der Waals surface area contributed by atoms with Gasteiger partial charge in [0.15, 0.2) is 5.78 Å². The fourth-order valence-corrected chi connectivity index (χ4v) is 4.20. The number of thioether (sulfide) groups is 1. The third-order valence-electron chi connectivity index (χ3n) is 3.32. The van der Waals surface area contributed by atoms with Crippen molar-refractivity contribution in [3.63, 3.8) is 0 Å². The minimum absolute atomic E-state index is 0.321. The number of carbonyl (C=O) groups excluding carboxylic acids is 1. The van der Waals surface area contributed by atoms with Gasteiger partial charge < -0.3 is 0 Å². The first-order chi connectivity index (χ1) is 8.36. The van der Waals surface area contributed by atoms with Gasteiger partial charge in [0.05, 0.1) is 4.88 Å². The third-order valence-corrected chi connectivity index (χ3v) is 5.51. The normalized spacial score (nSPS) is 16.5. The van der Waals surface area contributed by atoms with Crippen LogP contribution in [0.3, 0.4) is 0 Å². The molecule has 0 aliphatic heterocycles. The van der Waals surface area contributed by atoms with E-state index >= 15 is 0 Å². The molecule has 0 unspecified atom stereocenters. The molecule has 1 aromatic heterocycles. The molecule has 2 rings (SSSR count). The zero-order valence-corrected chi connectivity index (χ0v) is 11.8. The topological polar surface area (TPSA) is 17.1 Å². The van der Waals surface area contributed by atoms with E-state index in [4.69, 9.17) is 0 Å². The molecule has 1 heterocycles. The number of rotatable bonds is 7. The van der Waals surface area contributed by atoms with Gasteiger partial charge in [0.2, 0.25) is 0 Å². The van der Waals surface area contributed by atoms with Gasteiger partial charge in [-0.15, -0.1) is 11.3 Å². The Morgan fingerprint density at radius 1 is 1.41 bits per heavy atom. The Morgan fingerprint density at radius 3 is 2.94 bits per heavy atom. The maximum Gasteiger partial charge on any atom is 0.172 e. The molecule has 1 aromatic rings.